The van der Waals surface area contributed by atoms with Gasteiger partial charge in [-0.3, -0.25) is 4.79 Å². The van der Waals surface area contributed by atoms with E-state index in [0.29, 0.717) is 16.6 Å². The molecule has 3 nitrogen and oxygen atoms in total. The number of hydrogen-bond donors (Lipinski definition) is 0. The molecule has 0 fully saturated rings. The smallest absolute Gasteiger partial charge is 0.268 e. The summed E-state index contributed by atoms with van der Waals surface area (Å²) in [5, 5.41) is 2.07. The second kappa shape index (κ2) is 6.91. The number of carbonyl (C=O) groups excluding carboxylic acids is 1. The SMILES string of the molecule is CCN(C(=O)c1cc2c(Cl)nc3ccc(C)cc3c2s1)c1ccccc1F. The van der Waals surface area contributed by atoms with Gasteiger partial charge in [-0.1, -0.05) is 35.4 Å². The number of nitrogens with zero attached hydrogens (tertiary/aromatic N) is 2. The molecule has 2 heterocycles. The second-order valence-corrected chi connectivity index (χ2v) is 7.69. The minimum atomic E-state index is -0.422. The summed E-state index contributed by atoms with van der Waals surface area (Å²) in [5.41, 5.74) is 2.17. The molecule has 0 radical (unpaired) electrons. The first kappa shape index (κ1) is 17.9. The highest BCUT2D eigenvalue weighted by Gasteiger charge is 2.22. The minimum absolute atomic E-state index is 0.249. The number of benzene rings is 2. The van der Waals surface area contributed by atoms with Gasteiger partial charge in [-0.05, 0) is 44.2 Å². The molecule has 0 saturated carbocycles. The highest BCUT2D eigenvalue weighted by atomic mass is 35.5. The normalized spacial score (nSPS) is 11.3. The molecule has 0 spiro atoms. The molecule has 0 N–H and O–H groups in total. The van der Waals surface area contributed by atoms with Gasteiger partial charge in [0.05, 0.1) is 16.1 Å². The Bertz CT molecular complexity index is 1190. The Morgan fingerprint density at radius 1 is 1.19 bits per heavy atom. The molecular formula is C21H16ClFN2OS. The van der Waals surface area contributed by atoms with Gasteiger partial charge in [0.1, 0.15) is 11.0 Å². The van der Waals surface area contributed by atoms with Crippen molar-refractivity contribution in [1.29, 1.82) is 0 Å². The number of hydrogen-bond acceptors (Lipinski definition) is 3. The van der Waals surface area contributed by atoms with Gasteiger partial charge < -0.3 is 4.90 Å². The quantitative estimate of drug-likeness (QED) is 0.384. The van der Waals surface area contributed by atoms with Gasteiger partial charge in [-0.15, -0.1) is 11.3 Å². The summed E-state index contributed by atoms with van der Waals surface area (Å²) in [7, 11) is 0. The summed E-state index contributed by atoms with van der Waals surface area (Å²) in [6, 6.07) is 14.0. The van der Waals surface area contributed by atoms with Crippen LogP contribution in [0.1, 0.15) is 22.2 Å². The number of amides is 1. The van der Waals surface area contributed by atoms with Crippen molar-refractivity contribution in [2.75, 3.05) is 11.4 Å². The Morgan fingerprint density at radius 2 is 1.96 bits per heavy atom. The van der Waals surface area contributed by atoms with E-state index in [9.17, 15) is 9.18 Å². The summed E-state index contributed by atoms with van der Waals surface area (Å²) < 4.78 is 15.1. The summed E-state index contributed by atoms with van der Waals surface area (Å²) >= 11 is 7.72. The van der Waals surface area contributed by atoms with Gasteiger partial charge in [0, 0.05) is 22.0 Å². The third-order valence-electron chi connectivity index (χ3n) is 4.49. The molecule has 0 atom stereocenters. The van der Waals surface area contributed by atoms with E-state index >= 15 is 0 Å². The molecule has 0 saturated heterocycles. The van der Waals surface area contributed by atoms with E-state index < -0.39 is 5.82 Å². The first-order chi connectivity index (χ1) is 13.0. The molecule has 0 aliphatic carbocycles. The zero-order valence-corrected chi connectivity index (χ0v) is 16.4. The van der Waals surface area contributed by atoms with Crippen molar-refractivity contribution < 1.29 is 9.18 Å². The number of rotatable bonds is 3. The molecule has 0 aliphatic rings. The Kier molecular flexibility index (Phi) is 4.58. The van der Waals surface area contributed by atoms with Gasteiger partial charge in [0.25, 0.3) is 5.91 Å². The first-order valence-corrected chi connectivity index (χ1v) is 9.75. The van der Waals surface area contributed by atoms with Crippen LogP contribution in [0.3, 0.4) is 0 Å². The lowest BCUT2D eigenvalue weighted by Crippen LogP contribution is -2.30. The Hall–Kier alpha value is -2.50. The fraction of sp³-hybridized carbons (Fsp3) is 0.143. The molecule has 1 amide bonds. The fourth-order valence-corrected chi connectivity index (χ4v) is 4.60. The second-order valence-electron chi connectivity index (χ2n) is 6.28. The summed E-state index contributed by atoms with van der Waals surface area (Å²) in [5.74, 6) is -0.671. The van der Waals surface area contributed by atoms with E-state index in [2.05, 4.69) is 4.98 Å². The van der Waals surface area contributed by atoms with Crippen molar-refractivity contribution in [2.24, 2.45) is 0 Å². The molecule has 0 aliphatic heterocycles. The van der Waals surface area contributed by atoms with Crippen LogP contribution in [-0.4, -0.2) is 17.4 Å². The van der Waals surface area contributed by atoms with Gasteiger partial charge in [-0.2, -0.15) is 0 Å². The third-order valence-corrected chi connectivity index (χ3v) is 5.93. The van der Waals surface area contributed by atoms with E-state index in [1.54, 1.807) is 24.3 Å². The van der Waals surface area contributed by atoms with Gasteiger partial charge in [0.15, 0.2) is 0 Å². The number of fused-ring (bicyclic) bond motifs is 3. The average Bonchev–Trinajstić information content (AvgIpc) is 3.11. The summed E-state index contributed by atoms with van der Waals surface area (Å²) in [4.78, 5) is 19.5. The predicted molar refractivity (Wildman–Crippen MR) is 111 cm³/mol. The maximum atomic E-state index is 14.2. The maximum absolute atomic E-state index is 14.2. The van der Waals surface area contributed by atoms with Gasteiger partial charge in [-0.25, -0.2) is 9.37 Å². The largest absolute Gasteiger partial charge is 0.305 e. The molecule has 136 valence electrons. The number of aromatic nitrogens is 1. The zero-order valence-electron chi connectivity index (χ0n) is 14.8. The highest BCUT2D eigenvalue weighted by Crippen LogP contribution is 2.37. The first-order valence-electron chi connectivity index (χ1n) is 8.55. The van der Waals surface area contributed by atoms with Crippen molar-refractivity contribution in [1.82, 2.24) is 4.98 Å². The van der Waals surface area contributed by atoms with Crippen molar-refractivity contribution >= 4 is 55.5 Å². The van der Waals surface area contributed by atoms with Crippen molar-refractivity contribution in [2.45, 2.75) is 13.8 Å². The fourth-order valence-electron chi connectivity index (χ4n) is 3.17. The number of thiophene rings is 1. The van der Waals surface area contributed by atoms with Crippen LogP contribution >= 0.6 is 22.9 Å². The lowest BCUT2D eigenvalue weighted by atomic mass is 10.1. The Balaban J connectivity index is 1.87. The number of para-hydroxylation sites is 1. The van der Waals surface area contributed by atoms with E-state index in [1.165, 1.54) is 22.3 Å². The maximum Gasteiger partial charge on any atom is 0.268 e. The van der Waals surface area contributed by atoms with Crippen LogP contribution in [-0.2, 0) is 0 Å². The van der Waals surface area contributed by atoms with Crippen LogP contribution < -0.4 is 4.90 Å². The Morgan fingerprint density at radius 3 is 2.70 bits per heavy atom. The molecule has 4 aromatic rings. The topological polar surface area (TPSA) is 33.2 Å². The number of halogens is 2. The predicted octanol–water partition coefficient (Wildman–Crippen LogP) is 6.22. The van der Waals surface area contributed by atoms with Crippen LogP contribution in [0.15, 0.2) is 48.5 Å². The van der Waals surface area contributed by atoms with Gasteiger partial charge in [0.2, 0.25) is 0 Å². The number of carbonyl (C=O) groups is 1. The molecule has 2 aromatic heterocycles. The van der Waals surface area contributed by atoms with Crippen LogP contribution in [0, 0.1) is 12.7 Å². The number of anilines is 1. The van der Waals surface area contributed by atoms with E-state index in [1.807, 2.05) is 32.0 Å². The molecule has 27 heavy (non-hydrogen) atoms. The number of aryl methyl sites for hydroxylation is 1. The molecule has 0 unspecified atom stereocenters. The molecular weight excluding hydrogens is 383 g/mol. The highest BCUT2D eigenvalue weighted by molar-refractivity contribution is 7.22. The molecule has 2 aromatic carbocycles. The van der Waals surface area contributed by atoms with E-state index in [-0.39, 0.29) is 11.6 Å². The summed E-state index contributed by atoms with van der Waals surface area (Å²) in [6.07, 6.45) is 0. The van der Waals surface area contributed by atoms with Crippen molar-refractivity contribution in [3.8, 4) is 0 Å². The van der Waals surface area contributed by atoms with E-state index in [4.69, 9.17) is 11.6 Å². The molecule has 4 rings (SSSR count). The summed E-state index contributed by atoms with van der Waals surface area (Å²) in [6.45, 7) is 4.20. The van der Waals surface area contributed by atoms with Crippen LogP contribution in [0.25, 0.3) is 21.0 Å². The Labute approximate surface area is 165 Å². The molecule has 6 heteroatoms. The number of pyridine rings is 1. The van der Waals surface area contributed by atoms with Crippen molar-refractivity contribution in [3.05, 3.63) is 69.9 Å². The lowest BCUT2D eigenvalue weighted by molar-refractivity contribution is 0.0991. The standard InChI is InChI=1S/C21H16ClFN2OS/c1-3-25(17-7-5-4-6-15(17)23)21(26)18-11-14-19(27-18)13-10-12(2)8-9-16(13)24-20(14)22/h4-11H,3H2,1-2H3. The van der Waals surface area contributed by atoms with Gasteiger partial charge >= 0.3 is 0 Å². The average molecular weight is 399 g/mol. The van der Waals surface area contributed by atoms with Crippen LogP contribution in [0.4, 0.5) is 10.1 Å². The zero-order chi connectivity index (χ0) is 19.1. The van der Waals surface area contributed by atoms with Crippen molar-refractivity contribution in [3.63, 3.8) is 0 Å². The third kappa shape index (κ3) is 3.07. The van der Waals surface area contributed by atoms with Crippen LogP contribution in [0.2, 0.25) is 5.15 Å². The van der Waals surface area contributed by atoms with Crippen LogP contribution in [0.5, 0.6) is 0 Å². The van der Waals surface area contributed by atoms with E-state index in [0.717, 1.165) is 26.6 Å². The monoisotopic (exact) mass is 398 g/mol. The lowest BCUT2D eigenvalue weighted by Gasteiger charge is -2.20. The molecule has 0 bridgehead atoms. The minimum Gasteiger partial charge on any atom is -0.305 e.